The lowest BCUT2D eigenvalue weighted by Gasteiger charge is -2.58. The van der Waals surface area contributed by atoms with Crippen molar-refractivity contribution < 1.29 is 43.7 Å². The molecule has 0 aliphatic heterocycles. The van der Waals surface area contributed by atoms with Gasteiger partial charge in [0.2, 0.25) is 0 Å². The van der Waals surface area contributed by atoms with E-state index in [1.54, 1.807) is 36.4 Å². The summed E-state index contributed by atoms with van der Waals surface area (Å²) in [5, 5.41) is 19.2. The van der Waals surface area contributed by atoms with Gasteiger partial charge in [0.15, 0.2) is 11.4 Å². The standard InChI is InChI=1S/C37H40N2O11/c1-23(40)37(50-34(42)27-10-6-25(7-11-27)22-48-39(45)46)19-16-32-30-13-12-28-20-29(14-17-35(28,2)31(30)15-18-36(32,37)3)49-33(41)26-8-4-24(5-9-26)21-47-38(43)44/h4-12,20,30-32H,13-19,21-22H2,1-3H3/t30?,31?,32?,35?,36?,37-/m0/s1. The summed E-state index contributed by atoms with van der Waals surface area (Å²) in [7, 11) is 0. The topological polar surface area (TPSA) is 174 Å². The summed E-state index contributed by atoms with van der Waals surface area (Å²) >= 11 is 0. The fourth-order valence-electron chi connectivity index (χ4n) is 9.32. The second-order valence-electron chi connectivity index (χ2n) is 14.3. The third-order valence-corrected chi connectivity index (χ3v) is 12.0. The van der Waals surface area contributed by atoms with Crippen LogP contribution in [-0.4, -0.2) is 33.5 Å². The summed E-state index contributed by atoms with van der Waals surface area (Å²) in [4.78, 5) is 69.7. The third-order valence-electron chi connectivity index (χ3n) is 12.0. The number of Topliss-reactive ketones (excluding diaryl/α,β-unsaturated/α-hetero) is 1. The van der Waals surface area contributed by atoms with E-state index in [0.717, 1.165) is 37.7 Å². The molecule has 4 aliphatic rings. The highest BCUT2D eigenvalue weighted by Crippen LogP contribution is 2.68. The molecule has 2 saturated carbocycles. The maximum atomic E-state index is 13.5. The van der Waals surface area contributed by atoms with Crippen molar-refractivity contribution in [2.75, 3.05) is 0 Å². The number of allylic oxidation sites excluding steroid dienone is 4. The lowest BCUT2D eigenvalue weighted by Crippen LogP contribution is -2.58. The van der Waals surface area contributed by atoms with E-state index in [-0.39, 0.29) is 35.9 Å². The second-order valence-corrected chi connectivity index (χ2v) is 14.3. The lowest BCUT2D eigenvalue weighted by atomic mass is 9.47. The summed E-state index contributed by atoms with van der Waals surface area (Å²) in [6, 6.07) is 12.5. The molecule has 6 rings (SSSR count). The van der Waals surface area contributed by atoms with E-state index in [1.807, 2.05) is 6.08 Å². The van der Waals surface area contributed by atoms with Crippen LogP contribution in [-0.2, 0) is 37.2 Å². The molecule has 2 aromatic carbocycles. The molecule has 50 heavy (non-hydrogen) atoms. The van der Waals surface area contributed by atoms with Gasteiger partial charge in [-0.3, -0.25) is 4.79 Å². The Labute approximate surface area is 288 Å². The van der Waals surface area contributed by atoms with Crippen molar-refractivity contribution in [3.63, 3.8) is 0 Å². The summed E-state index contributed by atoms with van der Waals surface area (Å²) < 4.78 is 12.1. The fourth-order valence-corrected chi connectivity index (χ4v) is 9.32. The first kappa shape index (κ1) is 34.8. The Morgan fingerprint density at radius 1 is 0.800 bits per heavy atom. The van der Waals surface area contributed by atoms with Gasteiger partial charge in [-0.2, -0.15) is 0 Å². The fraction of sp³-hybridized carbons (Fsp3) is 0.486. The van der Waals surface area contributed by atoms with Crippen molar-refractivity contribution in [1.29, 1.82) is 0 Å². The van der Waals surface area contributed by atoms with E-state index in [4.69, 9.17) is 9.47 Å². The highest BCUT2D eigenvalue weighted by Gasteiger charge is 2.67. The van der Waals surface area contributed by atoms with Crippen LogP contribution in [0.2, 0.25) is 0 Å². The molecule has 0 radical (unpaired) electrons. The number of hydrogen-bond acceptors (Lipinski definition) is 11. The highest BCUT2D eigenvalue weighted by molar-refractivity contribution is 5.95. The predicted octanol–water partition coefficient (Wildman–Crippen LogP) is 6.90. The number of ketones is 1. The average Bonchev–Trinajstić information content (AvgIpc) is 3.39. The van der Waals surface area contributed by atoms with Crippen molar-refractivity contribution in [2.45, 2.75) is 84.5 Å². The highest BCUT2D eigenvalue weighted by atomic mass is 17.0. The Morgan fingerprint density at radius 3 is 1.92 bits per heavy atom. The number of fused-ring (bicyclic) bond motifs is 5. The summed E-state index contributed by atoms with van der Waals surface area (Å²) in [6.45, 7) is 5.47. The first-order valence-electron chi connectivity index (χ1n) is 16.9. The van der Waals surface area contributed by atoms with Gasteiger partial charge in [-0.25, -0.2) is 9.59 Å². The molecule has 4 aliphatic carbocycles. The summed E-state index contributed by atoms with van der Waals surface area (Å²) in [6.07, 6.45) is 9.22. The van der Waals surface area contributed by atoms with Gasteiger partial charge in [-0.15, -0.1) is 20.2 Å². The molecule has 0 saturated heterocycles. The van der Waals surface area contributed by atoms with Gasteiger partial charge < -0.3 is 19.1 Å². The van der Waals surface area contributed by atoms with Crippen LogP contribution in [0.5, 0.6) is 0 Å². The molecule has 264 valence electrons. The number of benzene rings is 2. The minimum absolute atomic E-state index is 0.141. The van der Waals surface area contributed by atoms with E-state index in [1.165, 1.54) is 19.1 Å². The Kier molecular flexibility index (Phi) is 9.27. The lowest BCUT2D eigenvalue weighted by molar-refractivity contribution is -0.763. The van der Waals surface area contributed by atoms with Gasteiger partial charge in [0, 0.05) is 11.8 Å². The second kappa shape index (κ2) is 13.3. The van der Waals surface area contributed by atoms with Crippen LogP contribution >= 0.6 is 0 Å². The van der Waals surface area contributed by atoms with E-state index in [0.29, 0.717) is 47.1 Å². The molecule has 13 nitrogen and oxygen atoms in total. The Bertz CT molecular complexity index is 1770. The smallest absolute Gasteiger partial charge is 0.343 e. The molecule has 6 atom stereocenters. The zero-order chi connectivity index (χ0) is 35.8. The minimum atomic E-state index is -1.26. The SMILES string of the molecule is CC(=O)[C@@]1(OC(=O)c2ccc(CO[N+](=O)[O-])cc2)CCC2C3CC=C4C=C(OC(=O)c5ccc(CO[N+](=O)[O-])cc5)CCC4(C)C3CCC21C. The molecule has 0 bridgehead atoms. The van der Waals surface area contributed by atoms with Crippen LogP contribution in [0, 0.1) is 48.8 Å². The maximum absolute atomic E-state index is 13.5. The van der Waals surface area contributed by atoms with Crippen LogP contribution in [0.15, 0.2) is 72.0 Å². The normalized spacial score (nSPS) is 29.5. The monoisotopic (exact) mass is 688 g/mol. The minimum Gasteiger partial charge on any atom is -0.447 e. The molecule has 13 heteroatoms. The maximum Gasteiger partial charge on any atom is 0.343 e. The van der Waals surface area contributed by atoms with Gasteiger partial charge >= 0.3 is 11.9 Å². The van der Waals surface area contributed by atoms with Gasteiger partial charge in [-0.05, 0) is 116 Å². The van der Waals surface area contributed by atoms with E-state index in [2.05, 4.69) is 29.6 Å². The molecule has 2 aromatic rings. The van der Waals surface area contributed by atoms with E-state index >= 15 is 0 Å². The van der Waals surface area contributed by atoms with Crippen molar-refractivity contribution >= 4 is 17.7 Å². The molecular weight excluding hydrogens is 648 g/mol. The average molecular weight is 689 g/mol. The molecule has 0 N–H and O–H groups in total. The molecule has 2 fully saturated rings. The number of esters is 2. The zero-order valence-corrected chi connectivity index (χ0v) is 28.3. The molecule has 5 unspecified atom stereocenters. The van der Waals surface area contributed by atoms with Crippen molar-refractivity contribution in [1.82, 2.24) is 0 Å². The first-order valence-corrected chi connectivity index (χ1v) is 16.9. The van der Waals surface area contributed by atoms with Crippen molar-refractivity contribution in [2.24, 2.45) is 28.6 Å². The first-order chi connectivity index (χ1) is 23.8. The van der Waals surface area contributed by atoms with Crippen molar-refractivity contribution in [3.05, 3.63) is 114 Å². The molecular formula is C37H40N2O11. The van der Waals surface area contributed by atoms with Crippen LogP contribution in [0.4, 0.5) is 0 Å². The Morgan fingerprint density at radius 2 is 1.36 bits per heavy atom. The Hall–Kier alpha value is -5.07. The van der Waals surface area contributed by atoms with Gasteiger partial charge in [0.25, 0.3) is 10.2 Å². The van der Waals surface area contributed by atoms with Gasteiger partial charge in [0.05, 0.1) is 11.1 Å². The molecule has 0 spiro atoms. The summed E-state index contributed by atoms with van der Waals surface area (Å²) in [5.41, 5.74) is 0.891. The Balaban J connectivity index is 1.16. The number of nitrogens with zero attached hydrogens (tertiary/aromatic N) is 2. The van der Waals surface area contributed by atoms with Crippen LogP contribution in [0.1, 0.15) is 97.6 Å². The molecule has 0 amide bonds. The van der Waals surface area contributed by atoms with Crippen LogP contribution in [0.3, 0.4) is 0 Å². The number of carbonyl (C=O) groups excluding carboxylic acids is 3. The van der Waals surface area contributed by atoms with Gasteiger partial charge in [0.1, 0.15) is 19.0 Å². The van der Waals surface area contributed by atoms with Gasteiger partial charge in [-0.1, -0.05) is 44.2 Å². The van der Waals surface area contributed by atoms with E-state index < -0.39 is 33.1 Å². The van der Waals surface area contributed by atoms with Crippen LogP contribution in [0.25, 0.3) is 0 Å². The largest absolute Gasteiger partial charge is 0.447 e. The quantitative estimate of drug-likeness (QED) is 0.136. The summed E-state index contributed by atoms with van der Waals surface area (Å²) in [5.74, 6) is 0.147. The number of hydrogen-bond donors (Lipinski definition) is 0. The van der Waals surface area contributed by atoms with Crippen LogP contribution < -0.4 is 0 Å². The zero-order valence-electron chi connectivity index (χ0n) is 28.3. The molecule has 0 aromatic heterocycles. The molecule has 0 heterocycles. The van der Waals surface area contributed by atoms with Crippen molar-refractivity contribution in [3.8, 4) is 0 Å². The van der Waals surface area contributed by atoms with E-state index in [9.17, 15) is 34.6 Å². The number of ether oxygens (including phenoxy) is 2. The third kappa shape index (κ3) is 6.25. The number of carbonyl (C=O) groups is 3. The number of rotatable bonds is 11. The predicted molar refractivity (Wildman–Crippen MR) is 176 cm³/mol.